The van der Waals surface area contributed by atoms with Gasteiger partial charge in [0.15, 0.2) is 11.5 Å². The first-order chi connectivity index (χ1) is 13.7. The molecule has 0 spiro atoms. The SMILES string of the molecule is Cc1nnc2c(N3CCN(C(=O)c4cc(-c5cccs5)[nH]n4)CC3)nccn12. The van der Waals surface area contributed by atoms with Crippen LogP contribution in [0.2, 0.25) is 0 Å². The van der Waals surface area contributed by atoms with Gasteiger partial charge in [0.1, 0.15) is 5.82 Å². The van der Waals surface area contributed by atoms with Gasteiger partial charge < -0.3 is 9.80 Å². The van der Waals surface area contributed by atoms with Crippen molar-refractivity contribution in [1.29, 1.82) is 0 Å². The maximum Gasteiger partial charge on any atom is 0.274 e. The fourth-order valence-electron chi connectivity index (χ4n) is 3.42. The van der Waals surface area contributed by atoms with E-state index in [0.29, 0.717) is 31.9 Å². The number of aromatic nitrogens is 6. The van der Waals surface area contributed by atoms with Crippen molar-refractivity contribution in [1.82, 2.24) is 34.7 Å². The quantitative estimate of drug-likeness (QED) is 0.570. The van der Waals surface area contributed by atoms with E-state index in [1.165, 1.54) is 0 Å². The van der Waals surface area contributed by atoms with Gasteiger partial charge in [0.05, 0.1) is 10.6 Å². The van der Waals surface area contributed by atoms with Crippen molar-refractivity contribution in [3.05, 3.63) is 47.5 Å². The molecule has 4 aromatic heterocycles. The van der Waals surface area contributed by atoms with Crippen molar-refractivity contribution in [3.63, 3.8) is 0 Å². The fourth-order valence-corrected chi connectivity index (χ4v) is 4.12. The first-order valence-electron chi connectivity index (χ1n) is 9.00. The molecule has 1 fully saturated rings. The summed E-state index contributed by atoms with van der Waals surface area (Å²) in [6.07, 6.45) is 3.61. The number of rotatable bonds is 3. The monoisotopic (exact) mass is 394 g/mol. The molecule has 0 atom stereocenters. The van der Waals surface area contributed by atoms with Crippen molar-refractivity contribution < 1.29 is 4.79 Å². The van der Waals surface area contributed by atoms with Crippen molar-refractivity contribution in [2.24, 2.45) is 0 Å². The van der Waals surface area contributed by atoms with Crippen molar-refractivity contribution in [2.45, 2.75) is 6.92 Å². The number of H-pyrrole nitrogens is 1. The van der Waals surface area contributed by atoms with Crippen LogP contribution in [0.25, 0.3) is 16.2 Å². The third-order valence-electron chi connectivity index (χ3n) is 4.93. The van der Waals surface area contributed by atoms with E-state index in [-0.39, 0.29) is 5.91 Å². The van der Waals surface area contributed by atoms with Crippen LogP contribution in [0.3, 0.4) is 0 Å². The van der Waals surface area contributed by atoms with Crippen molar-refractivity contribution in [2.75, 3.05) is 31.1 Å². The summed E-state index contributed by atoms with van der Waals surface area (Å²) in [5, 5.41) is 17.5. The van der Waals surface area contributed by atoms with Gasteiger partial charge in [0.2, 0.25) is 5.65 Å². The molecule has 0 radical (unpaired) electrons. The molecule has 5 rings (SSSR count). The molecule has 0 unspecified atom stereocenters. The Morgan fingerprint density at radius 2 is 2.07 bits per heavy atom. The van der Waals surface area contributed by atoms with E-state index in [1.54, 1.807) is 17.5 Å². The smallest absolute Gasteiger partial charge is 0.274 e. The fraction of sp³-hybridized carbons (Fsp3) is 0.278. The number of thiophene rings is 1. The molecule has 142 valence electrons. The third-order valence-corrected chi connectivity index (χ3v) is 5.83. The zero-order valence-corrected chi connectivity index (χ0v) is 16.1. The molecule has 1 aliphatic heterocycles. The summed E-state index contributed by atoms with van der Waals surface area (Å²) in [4.78, 5) is 22.4. The number of aromatic amines is 1. The van der Waals surface area contributed by atoms with Crippen LogP contribution < -0.4 is 4.90 Å². The summed E-state index contributed by atoms with van der Waals surface area (Å²) in [7, 11) is 0. The van der Waals surface area contributed by atoms with Gasteiger partial charge in [-0.3, -0.25) is 14.3 Å². The molecule has 10 heteroatoms. The maximum atomic E-state index is 12.8. The number of hydrogen-bond acceptors (Lipinski definition) is 7. The van der Waals surface area contributed by atoms with Crippen LogP contribution >= 0.6 is 11.3 Å². The first kappa shape index (κ1) is 16.9. The minimum atomic E-state index is -0.0526. The molecule has 0 saturated carbocycles. The standard InChI is InChI=1S/C18H18N8OS/c1-12-20-23-17-16(19-4-5-26(12)17)24-6-8-25(9-7-24)18(27)14-11-13(21-22-14)15-3-2-10-28-15/h2-5,10-11H,6-9H2,1H3,(H,21,22). The minimum absolute atomic E-state index is 0.0526. The van der Waals surface area contributed by atoms with Crippen LogP contribution in [-0.4, -0.2) is 66.8 Å². The van der Waals surface area contributed by atoms with E-state index in [1.807, 2.05) is 46.0 Å². The Hall–Kier alpha value is -3.27. The molecule has 0 aromatic carbocycles. The van der Waals surface area contributed by atoms with Gasteiger partial charge in [0.25, 0.3) is 5.91 Å². The topological polar surface area (TPSA) is 95.3 Å². The highest BCUT2D eigenvalue weighted by atomic mass is 32.1. The Morgan fingerprint density at radius 1 is 1.21 bits per heavy atom. The van der Waals surface area contributed by atoms with E-state index in [0.717, 1.165) is 27.9 Å². The summed E-state index contributed by atoms with van der Waals surface area (Å²) in [5.74, 6) is 1.57. The number of nitrogens with zero attached hydrogens (tertiary/aromatic N) is 7. The first-order valence-corrected chi connectivity index (χ1v) is 9.88. The van der Waals surface area contributed by atoms with Crippen LogP contribution in [0, 0.1) is 6.92 Å². The highest BCUT2D eigenvalue weighted by Crippen LogP contribution is 2.24. The van der Waals surface area contributed by atoms with Gasteiger partial charge in [-0.2, -0.15) is 5.10 Å². The molecular formula is C18H18N8OS. The number of nitrogens with one attached hydrogen (secondary N) is 1. The number of anilines is 1. The van der Waals surface area contributed by atoms with Gasteiger partial charge >= 0.3 is 0 Å². The second-order valence-electron chi connectivity index (χ2n) is 6.62. The summed E-state index contributed by atoms with van der Waals surface area (Å²) >= 11 is 1.61. The van der Waals surface area contributed by atoms with E-state index in [2.05, 4.69) is 30.3 Å². The van der Waals surface area contributed by atoms with Gasteiger partial charge in [0, 0.05) is 38.6 Å². The predicted octanol–water partition coefficient (Wildman–Crippen LogP) is 1.85. The lowest BCUT2D eigenvalue weighted by Gasteiger charge is -2.34. The van der Waals surface area contributed by atoms with Crippen LogP contribution in [-0.2, 0) is 0 Å². The van der Waals surface area contributed by atoms with E-state index < -0.39 is 0 Å². The van der Waals surface area contributed by atoms with Crippen molar-refractivity contribution in [3.8, 4) is 10.6 Å². The van der Waals surface area contributed by atoms with Crippen LogP contribution in [0.5, 0.6) is 0 Å². The molecule has 1 N–H and O–H groups in total. The molecule has 0 bridgehead atoms. The highest BCUT2D eigenvalue weighted by molar-refractivity contribution is 7.13. The van der Waals surface area contributed by atoms with Gasteiger partial charge in [-0.25, -0.2) is 4.98 Å². The average Bonchev–Trinajstić information content (AvgIpc) is 3.48. The summed E-state index contributed by atoms with van der Waals surface area (Å²) in [6, 6.07) is 5.81. The minimum Gasteiger partial charge on any atom is -0.350 e. The zero-order valence-electron chi connectivity index (χ0n) is 15.2. The number of carbonyl (C=O) groups excluding carboxylic acids is 1. The summed E-state index contributed by atoms with van der Waals surface area (Å²) in [5.41, 5.74) is 2.06. The summed E-state index contributed by atoms with van der Waals surface area (Å²) < 4.78 is 1.93. The lowest BCUT2D eigenvalue weighted by atomic mass is 10.2. The van der Waals surface area contributed by atoms with Crippen LogP contribution in [0.15, 0.2) is 36.0 Å². The Labute approximate surface area is 164 Å². The lowest BCUT2D eigenvalue weighted by Crippen LogP contribution is -2.49. The Kier molecular flexibility index (Phi) is 4.05. The molecule has 1 amide bonds. The number of amides is 1. The Balaban J connectivity index is 1.30. The second-order valence-corrected chi connectivity index (χ2v) is 7.56. The normalized spacial score (nSPS) is 14.8. The van der Waals surface area contributed by atoms with E-state index >= 15 is 0 Å². The molecule has 28 heavy (non-hydrogen) atoms. The number of piperazine rings is 1. The number of carbonyl (C=O) groups is 1. The lowest BCUT2D eigenvalue weighted by molar-refractivity contribution is 0.0740. The van der Waals surface area contributed by atoms with Gasteiger partial charge in [-0.1, -0.05) is 6.07 Å². The molecule has 5 heterocycles. The zero-order chi connectivity index (χ0) is 19.1. The van der Waals surface area contributed by atoms with Gasteiger partial charge in [-0.15, -0.1) is 21.5 Å². The van der Waals surface area contributed by atoms with E-state index in [9.17, 15) is 4.79 Å². The molecule has 9 nitrogen and oxygen atoms in total. The number of aryl methyl sites for hydroxylation is 1. The van der Waals surface area contributed by atoms with E-state index in [4.69, 9.17) is 0 Å². The van der Waals surface area contributed by atoms with Crippen molar-refractivity contribution >= 4 is 28.7 Å². The molecule has 1 aliphatic rings. The predicted molar refractivity (Wildman–Crippen MR) is 106 cm³/mol. The number of fused-ring (bicyclic) bond motifs is 1. The van der Waals surface area contributed by atoms with Crippen LogP contribution in [0.1, 0.15) is 16.3 Å². The third kappa shape index (κ3) is 2.82. The largest absolute Gasteiger partial charge is 0.350 e. The molecule has 0 aliphatic carbocycles. The molecular weight excluding hydrogens is 376 g/mol. The van der Waals surface area contributed by atoms with Gasteiger partial charge in [-0.05, 0) is 24.4 Å². The van der Waals surface area contributed by atoms with Crippen LogP contribution in [0.4, 0.5) is 5.82 Å². The second kappa shape index (κ2) is 6.71. The molecule has 1 saturated heterocycles. The number of hydrogen-bond donors (Lipinski definition) is 1. The maximum absolute atomic E-state index is 12.8. The summed E-state index contributed by atoms with van der Waals surface area (Å²) in [6.45, 7) is 4.50. The average molecular weight is 394 g/mol. The highest BCUT2D eigenvalue weighted by Gasteiger charge is 2.26. The Bertz CT molecular complexity index is 1120. The Morgan fingerprint density at radius 3 is 2.86 bits per heavy atom. The molecule has 4 aromatic rings.